The second kappa shape index (κ2) is 7.42. The number of rotatable bonds is 5. The summed E-state index contributed by atoms with van der Waals surface area (Å²) >= 11 is 0. The number of nitrogens with zero attached hydrogens (tertiary/aromatic N) is 1. The molecule has 19 heavy (non-hydrogen) atoms. The largest absolute Gasteiger partial charge is 0.448 e. The Morgan fingerprint density at radius 3 is 3.21 bits per heavy atom. The first kappa shape index (κ1) is 15.0. The van der Waals surface area contributed by atoms with Crippen LogP contribution in [0.3, 0.4) is 0 Å². The third-order valence-electron chi connectivity index (χ3n) is 3.14. The molecule has 0 spiro atoms. The van der Waals surface area contributed by atoms with Crippen molar-refractivity contribution in [3.63, 3.8) is 0 Å². The van der Waals surface area contributed by atoms with Crippen LogP contribution in [-0.4, -0.2) is 61.6 Å². The zero-order chi connectivity index (χ0) is 13.7. The Bertz CT molecular complexity index is 341. The van der Waals surface area contributed by atoms with Crippen LogP contribution in [0.1, 0.15) is 6.42 Å². The molecule has 0 aromatic carbocycles. The molecule has 1 unspecified atom stereocenters. The van der Waals surface area contributed by atoms with Crippen molar-refractivity contribution in [2.75, 3.05) is 38.3 Å². The van der Waals surface area contributed by atoms with Gasteiger partial charge in [0.05, 0.1) is 19.2 Å². The Kier molecular flexibility index (Phi) is 5.87. The minimum atomic E-state index is -0.275. The predicted octanol–water partition coefficient (Wildman–Crippen LogP) is 1.71. The number of carbonyl (C=O) groups is 1. The Morgan fingerprint density at radius 1 is 1.68 bits per heavy atom. The third-order valence-corrected chi connectivity index (χ3v) is 4.92. The van der Waals surface area contributed by atoms with E-state index in [-0.39, 0.29) is 18.4 Å². The molecule has 2 fully saturated rings. The first-order valence-electron chi connectivity index (χ1n) is 6.33. The zero-order valence-corrected chi connectivity index (χ0v) is 12.7. The van der Waals surface area contributed by atoms with Crippen molar-refractivity contribution in [1.29, 1.82) is 0 Å². The molecule has 5 nitrogen and oxygen atoms in total. The minimum Gasteiger partial charge on any atom is -0.448 e. The lowest BCUT2D eigenvalue weighted by Gasteiger charge is -2.27. The van der Waals surface area contributed by atoms with Crippen LogP contribution in [0.25, 0.3) is 0 Å². The van der Waals surface area contributed by atoms with Gasteiger partial charge in [-0.25, -0.2) is 4.79 Å². The summed E-state index contributed by atoms with van der Waals surface area (Å²) in [6.07, 6.45) is 2.37. The molecule has 108 valence electrons. The maximum atomic E-state index is 12.0. The third kappa shape index (κ3) is 4.05. The highest BCUT2D eigenvalue weighted by atomic mass is 33.1. The van der Waals surface area contributed by atoms with Crippen molar-refractivity contribution in [2.24, 2.45) is 0 Å². The zero-order valence-electron chi connectivity index (χ0n) is 11.1. The van der Waals surface area contributed by atoms with Gasteiger partial charge in [0, 0.05) is 12.3 Å². The molecular weight excluding hydrogens is 284 g/mol. The van der Waals surface area contributed by atoms with Crippen LogP contribution in [-0.2, 0) is 9.47 Å². The first-order valence-corrected chi connectivity index (χ1v) is 9.05. The van der Waals surface area contributed by atoms with Crippen LogP contribution in [0.5, 0.6) is 0 Å². The number of ether oxygens (including phenoxy) is 2. The number of hydrogen-bond donors (Lipinski definition) is 1. The number of hydrogen-bond acceptors (Lipinski definition) is 6. The summed E-state index contributed by atoms with van der Waals surface area (Å²) in [6, 6.07) is 0.142. The summed E-state index contributed by atoms with van der Waals surface area (Å²) in [4.78, 5) is 13.7. The van der Waals surface area contributed by atoms with Crippen molar-refractivity contribution >= 4 is 27.7 Å². The van der Waals surface area contributed by atoms with Gasteiger partial charge in [0.15, 0.2) is 6.23 Å². The normalized spacial score (nSPS) is 27.0. The van der Waals surface area contributed by atoms with Gasteiger partial charge in [-0.15, -0.1) is 0 Å². The van der Waals surface area contributed by atoms with E-state index >= 15 is 0 Å². The molecular formula is C12H20N2O3S2. The molecule has 0 aromatic rings. The molecule has 0 radical (unpaired) electrons. The molecule has 2 aliphatic heterocycles. The summed E-state index contributed by atoms with van der Waals surface area (Å²) in [5, 5.41) is 3.33. The molecule has 2 aliphatic rings. The van der Waals surface area contributed by atoms with E-state index < -0.39 is 0 Å². The van der Waals surface area contributed by atoms with Crippen molar-refractivity contribution in [2.45, 2.75) is 18.7 Å². The minimum absolute atomic E-state index is 0.142. The summed E-state index contributed by atoms with van der Waals surface area (Å²) in [6.45, 7) is 6.38. The second-order valence-electron chi connectivity index (χ2n) is 4.50. The summed E-state index contributed by atoms with van der Waals surface area (Å²) in [5.74, 6) is 0.810. The van der Waals surface area contributed by atoms with E-state index in [2.05, 4.69) is 11.9 Å². The lowest BCUT2D eigenvalue weighted by atomic mass is 10.1. The van der Waals surface area contributed by atoms with Crippen LogP contribution in [0, 0.1) is 0 Å². The average Bonchev–Trinajstić information content (AvgIpc) is 3.02. The van der Waals surface area contributed by atoms with E-state index in [1.54, 1.807) is 26.5 Å². The summed E-state index contributed by atoms with van der Waals surface area (Å²) in [5.41, 5.74) is 1.16. The topological polar surface area (TPSA) is 50.8 Å². The Morgan fingerprint density at radius 2 is 2.53 bits per heavy atom. The number of nitrogens with one attached hydrogen (secondary N) is 1. The van der Waals surface area contributed by atoms with E-state index in [1.807, 2.05) is 6.26 Å². The van der Waals surface area contributed by atoms with Crippen molar-refractivity contribution in [1.82, 2.24) is 10.2 Å². The molecule has 0 bridgehead atoms. The maximum Gasteiger partial charge on any atom is 0.411 e. The van der Waals surface area contributed by atoms with E-state index in [0.29, 0.717) is 19.8 Å². The molecule has 1 amide bonds. The van der Waals surface area contributed by atoms with E-state index in [9.17, 15) is 4.79 Å². The van der Waals surface area contributed by atoms with Gasteiger partial charge in [-0.2, -0.15) is 0 Å². The van der Waals surface area contributed by atoms with Crippen LogP contribution >= 0.6 is 21.6 Å². The fourth-order valence-electron chi connectivity index (χ4n) is 2.28. The van der Waals surface area contributed by atoms with Crippen molar-refractivity contribution in [3.05, 3.63) is 12.2 Å². The Balaban J connectivity index is 1.80. The number of amides is 1. The van der Waals surface area contributed by atoms with E-state index in [4.69, 9.17) is 9.47 Å². The van der Waals surface area contributed by atoms with Gasteiger partial charge in [0.2, 0.25) is 0 Å². The molecule has 0 saturated carbocycles. The highest BCUT2D eigenvalue weighted by molar-refractivity contribution is 8.76. The van der Waals surface area contributed by atoms with Gasteiger partial charge in [-0.1, -0.05) is 33.7 Å². The van der Waals surface area contributed by atoms with Crippen LogP contribution in [0.4, 0.5) is 4.79 Å². The Labute approximate surface area is 121 Å². The lowest BCUT2D eigenvalue weighted by molar-refractivity contribution is 0.00623. The molecule has 2 atom stereocenters. The lowest BCUT2D eigenvalue weighted by Crippen LogP contribution is -2.47. The van der Waals surface area contributed by atoms with Gasteiger partial charge in [-0.3, -0.25) is 4.90 Å². The summed E-state index contributed by atoms with van der Waals surface area (Å²) in [7, 11) is 3.36. The molecule has 2 rings (SSSR count). The smallest absolute Gasteiger partial charge is 0.411 e. The molecule has 2 heterocycles. The Hall–Kier alpha value is -0.370. The van der Waals surface area contributed by atoms with Gasteiger partial charge in [-0.05, 0) is 12.7 Å². The van der Waals surface area contributed by atoms with Crippen LogP contribution in [0.15, 0.2) is 12.2 Å². The highest BCUT2D eigenvalue weighted by Crippen LogP contribution is 2.23. The summed E-state index contributed by atoms with van der Waals surface area (Å²) < 4.78 is 10.9. The second-order valence-corrected chi connectivity index (χ2v) is 7.18. The van der Waals surface area contributed by atoms with Gasteiger partial charge in [0.25, 0.3) is 0 Å². The molecule has 1 N–H and O–H groups in total. The van der Waals surface area contributed by atoms with Crippen LogP contribution in [0.2, 0.25) is 0 Å². The average molecular weight is 304 g/mol. The number of carbonyl (C=O) groups excluding carboxylic acids is 1. The maximum absolute atomic E-state index is 12.0. The highest BCUT2D eigenvalue weighted by Gasteiger charge is 2.38. The van der Waals surface area contributed by atoms with E-state index in [1.165, 1.54) is 0 Å². The van der Waals surface area contributed by atoms with Gasteiger partial charge < -0.3 is 14.8 Å². The predicted molar refractivity (Wildman–Crippen MR) is 79.3 cm³/mol. The fraction of sp³-hybridized carbons (Fsp3) is 0.750. The van der Waals surface area contributed by atoms with Gasteiger partial charge in [0.1, 0.15) is 6.61 Å². The van der Waals surface area contributed by atoms with Crippen LogP contribution < -0.4 is 5.32 Å². The molecule has 7 heteroatoms. The SMILES string of the molecule is C=C1CN[C@H](C2OCCN2C(=O)OCCSSC)C1. The van der Waals surface area contributed by atoms with Gasteiger partial charge >= 0.3 is 6.09 Å². The quantitative estimate of drug-likeness (QED) is 0.474. The van der Waals surface area contributed by atoms with Crippen molar-refractivity contribution in [3.8, 4) is 0 Å². The first-order chi connectivity index (χ1) is 9.22. The molecule has 0 aliphatic carbocycles. The monoisotopic (exact) mass is 304 g/mol. The van der Waals surface area contributed by atoms with E-state index in [0.717, 1.165) is 24.3 Å². The fourth-order valence-corrected chi connectivity index (χ4v) is 3.30. The molecule has 2 saturated heterocycles. The molecule has 0 aromatic heterocycles. The standard InChI is InChI=1S/C12H20N2O3S2/c1-9-7-10(13-8-9)11-14(3-4-16-11)12(15)17-5-6-19-18-2/h10-11,13H,1,3-8H2,2H3/t10-,11?/m0/s1. The van der Waals surface area contributed by atoms with Crippen molar-refractivity contribution < 1.29 is 14.3 Å².